The molecule has 27 heavy (non-hydrogen) atoms. The molecule has 1 aliphatic heterocycles. The highest BCUT2D eigenvalue weighted by Gasteiger charge is 2.34. The van der Waals surface area contributed by atoms with Crippen molar-refractivity contribution in [3.8, 4) is 0 Å². The number of nitrogens with zero attached hydrogens (tertiary/aromatic N) is 5. The Labute approximate surface area is 157 Å². The molecule has 4 rings (SSSR count). The van der Waals surface area contributed by atoms with Gasteiger partial charge in [-0.05, 0) is 31.7 Å². The lowest BCUT2D eigenvalue weighted by molar-refractivity contribution is 0.0668. The van der Waals surface area contributed by atoms with Gasteiger partial charge in [-0.3, -0.25) is 4.79 Å². The van der Waals surface area contributed by atoms with Crippen molar-refractivity contribution in [2.24, 2.45) is 5.92 Å². The number of aromatic amines is 1. The number of H-pyrrole nitrogens is 1. The minimum Gasteiger partial charge on any atom is -0.361 e. The van der Waals surface area contributed by atoms with Gasteiger partial charge in [-0.1, -0.05) is 12.1 Å². The van der Waals surface area contributed by atoms with Crippen LogP contribution in [0.25, 0.3) is 11.0 Å². The van der Waals surface area contributed by atoms with Crippen molar-refractivity contribution in [2.45, 2.75) is 33.2 Å². The van der Waals surface area contributed by atoms with Gasteiger partial charge in [0, 0.05) is 26.3 Å². The molecule has 0 aliphatic carbocycles. The monoisotopic (exact) mass is 368 g/mol. The first-order valence-corrected chi connectivity index (χ1v) is 9.19. The number of amides is 1. The van der Waals surface area contributed by atoms with Crippen molar-refractivity contribution < 1.29 is 9.32 Å². The van der Waals surface area contributed by atoms with Crippen LogP contribution < -0.4 is 4.90 Å². The summed E-state index contributed by atoms with van der Waals surface area (Å²) in [5.74, 6) is 1.87. The topological polar surface area (TPSA) is 91.2 Å². The van der Waals surface area contributed by atoms with Gasteiger partial charge in [-0.2, -0.15) is 0 Å². The second-order valence-electron chi connectivity index (χ2n) is 7.38. The Hall–Kier alpha value is -2.90. The summed E-state index contributed by atoms with van der Waals surface area (Å²) >= 11 is 0. The molecule has 0 aromatic carbocycles. The average molecular weight is 368 g/mol. The van der Waals surface area contributed by atoms with E-state index in [0.29, 0.717) is 23.8 Å². The molecule has 1 fully saturated rings. The molecule has 1 amide bonds. The zero-order valence-corrected chi connectivity index (χ0v) is 16.1. The summed E-state index contributed by atoms with van der Waals surface area (Å²) in [4.78, 5) is 29.0. The van der Waals surface area contributed by atoms with Gasteiger partial charge in [0.25, 0.3) is 5.91 Å². The Morgan fingerprint density at radius 1 is 1.37 bits per heavy atom. The van der Waals surface area contributed by atoms with Crippen molar-refractivity contribution in [1.29, 1.82) is 0 Å². The van der Waals surface area contributed by atoms with Gasteiger partial charge in [0.2, 0.25) is 0 Å². The molecule has 4 heterocycles. The highest BCUT2D eigenvalue weighted by molar-refractivity contribution is 5.95. The number of piperidine rings is 1. The van der Waals surface area contributed by atoms with E-state index in [-0.39, 0.29) is 11.9 Å². The van der Waals surface area contributed by atoms with E-state index in [9.17, 15) is 4.79 Å². The second kappa shape index (κ2) is 6.68. The molecular weight excluding hydrogens is 344 g/mol. The van der Waals surface area contributed by atoms with Gasteiger partial charge in [0.05, 0.1) is 17.6 Å². The van der Waals surface area contributed by atoms with Crippen LogP contribution in [-0.2, 0) is 0 Å². The van der Waals surface area contributed by atoms with Gasteiger partial charge < -0.3 is 19.3 Å². The van der Waals surface area contributed by atoms with Crippen LogP contribution in [0.4, 0.5) is 5.82 Å². The number of aromatic nitrogens is 4. The Balaban J connectivity index is 1.62. The third kappa shape index (κ3) is 2.94. The third-order valence-electron chi connectivity index (χ3n) is 5.67. The summed E-state index contributed by atoms with van der Waals surface area (Å²) in [5, 5.41) is 4.77. The number of aryl methyl sites for hydroxylation is 2. The van der Waals surface area contributed by atoms with E-state index >= 15 is 0 Å². The van der Waals surface area contributed by atoms with Crippen LogP contribution in [0.1, 0.15) is 35.0 Å². The first kappa shape index (κ1) is 17.5. The lowest BCUT2D eigenvalue weighted by Gasteiger charge is -2.42. The third-order valence-corrected chi connectivity index (χ3v) is 5.67. The van der Waals surface area contributed by atoms with Crippen LogP contribution in [0.15, 0.2) is 23.2 Å². The predicted octanol–water partition coefficient (Wildman–Crippen LogP) is 2.55. The fourth-order valence-electron chi connectivity index (χ4n) is 3.93. The Morgan fingerprint density at radius 2 is 2.19 bits per heavy atom. The van der Waals surface area contributed by atoms with Crippen LogP contribution in [0.3, 0.4) is 0 Å². The first-order chi connectivity index (χ1) is 13.0. The Bertz CT molecular complexity index is 978. The summed E-state index contributed by atoms with van der Waals surface area (Å²) in [7, 11) is 2.05. The predicted molar refractivity (Wildman–Crippen MR) is 102 cm³/mol. The molecule has 142 valence electrons. The smallest absolute Gasteiger partial charge is 0.259 e. The van der Waals surface area contributed by atoms with Crippen LogP contribution in [0.5, 0.6) is 0 Å². The van der Waals surface area contributed by atoms with Gasteiger partial charge >= 0.3 is 0 Å². The minimum absolute atomic E-state index is 0.0234. The number of rotatable bonds is 3. The molecule has 0 spiro atoms. The van der Waals surface area contributed by atoms with E-state index in [4.69, 9.17) is 4.52 Å². The molecule has 0 bridgehead atoms. The molecule has 1 N–H and O–H groups in total. The van der Waals surface area contributed by atoms with Crippen molar-refractivity contribution >= 4 is 22.8 Å². The fraction of sp³-hybridized carbons (Fsp3) is 0.474. The number of carbonyl (C=O) groups excluding carboxylic acids is 1. The normalized spacial score (nSPS) is 20.2. The molecule has 1 saturated heterocycles. The molecule has 0 saturated carbocycles. The zero-order chi connectivity index (χ0) is 19.1. The van der Waals surface area contributed by atoms with E-state index in [1.165, 1.54) is 6.20 Å². The number of likely N-dealkylation sites (N-methyl/N-ethyl adjacent to an activating group) is 1. The largest absolute Gasteiger partial charge is 0.361 e. The minimum atomic E-state index is -0.0234. The van der Waals surface area contributed by atoms with Gasteiger partial charge in [0.1, 0.15) is 29.1 Å². The van der Waals surface area contributed by atoms with E-state index in [1.807, 2.05) is 25.1 Å². The molecule has 1 aliphatic rings. The van der Waals surface area contributed by atoms with E-state index in [2.05, 4.69) is 31.9 Å². The quantitative estimate of drug-likeness (QED) is 0.764. The SMILES string of the molecule is Cc1oncc1C(=O)N1CCC(C)C(N(C)c2ncnc3[nH]cc(C)c23)C1. The molecule has 8 nitrogen and oxygen atoms in total. The summed E-state index contributed by atoms with van der Waals surface area (Å²) in [6.07, 6.45) is 5.98. The van der Waals surface area contributed by atoms with Crippen molar-refractivity contribution in [1.82, 2.24) is 25.0 Å². The zero-order valence-electron chi connectivity index (χ0n) is 16.1. The lowest BCUT2D eigenvalue weighted by atomic mass is 9.91. The second-order valence-corrected chi connectivity index (χ2v) is 7.38. The number of nitrogens with one attached hydrogen (secondary N) is 1. The summed E-state index contributed by atoms with van der Waals surface area (Å²) in [5.41, 5.74) is 2.49. The lowest BCUT2D eigenvalue weighted by Crippen LogP contribution is -2.53. The highest BCUT2D eigenvalue weighted by Crippen LogP contribution is 2.31. The molecular formula is C19H24N6O2. The summed E-state index contributed by atoms with van der Waals surface area (Å²) < 4.78 is 5.07. The average Bonchev–Trinajstić information content (AvgIpc) is 3.27. The molecule has 2 unspecified atom stereocenters. The maximum atomic E-state index is 12.9. The van der Waals surface area contributed by atoms with Crippen LogP contribution in [0.2, 0.25) is 0 Å². The number of likely N-dealkylation sites (tertiary alicyclic amines) is 1. The Kier molecular flexibility index (Phi) is 4.33. The van der Waals surface area contributed by atoms with Crippen molar-refractivity contribution in [3.05, 3.63) is 35.6 Å². The number of anilines is 1. The molecule has 2 atom stereocenters. The number of hydrogen-bond acceptors (Lipinski definition) is 6. The maximum absolute atomic E-state index is 12.9. The van der Waals surface area contributed by atoms with E-state index in [0.717, 1.165) is 35.4 Å². The van der Waals surface area contributed by atoms with Crippen LogP contribution in [0, 0.1) is 19.8 Å². The van der Waals surface area contributed by atoms with Crippen molar-refractivity contribution in [3.63, 3.8) is 0 Å². The van der Waals surface area contributed by atoms with Gasteiger partial charge in [-0.15, -0.1) is 0 Å². The van der Waals surface area contributed by atoms with Gasteiger partial charge in [-0.25, -0.2) is 9.97 Å². The van der Waals surface area contributed by atoms with Crippen molar-refractivity contribution in [2.75, 3.05) is 25.0 Å². The molecule has 0 radical (unpaired) electrons. The highest BCUT2D eigenvalue weighted by atomic mass is 16.5. The summed E-state index contributed by atoms with van der Waals surface area (Å²) in [6, 6.07) is 0.162. The van der Waals surface area contributed by atoms with Crippen LogP contribution in [-0.4, -0.2) is 57.1 Å². The molecule has 8 heteroatoms. The summed E-state index contributed by atoms with van der Waals surface area (Å²) in [6.45, 7) is 7.42. The number of carbonyl (C=O) groups is 1. The maximum Gasteiger partial charge on any atom is 0.259 e. The standard InChI is InChI=1S/C19H24N6O2/c1-11-5-6-25(19(26)14-8-23-27-13(14)3)9-15(11)24(4)18-16-12(2)7-20-17(16)21-10-22-18/h7-8,10-11,15H,5-6,9H2,1-4H3,(H,20,21,22). The number of fused-ring (bicyclic) bond motifs is 1. The fourth-order valence-corrected chi connectivity index (χ4v) is 3.93. The van der Waals surface area contributed by atoms with E-state index in [1.54, 1.807) is 13.3 Å². The molecule has 3 aromatic heterocycles. The number of hydrogen-bond donors (Lipinski definition) is 1. The first-order valence-electron chi connectivity index (χ1n) is 9.19. The van der Waals surface area contributed by atoms with Crippen LogP contribution >= 0.6 is 0 Å². The Morgan fingerprint density at radius 3 is 2.93 bits per heavy atom. The van der Waals surface area contributed by atoms with E-state index < -0.39 is 0 Å². The molecule has 3 aromatic rings. The van der Waals surface area contributed by atoms with Gasteiger partial charge in [0.15, 0.2) is 0 Å².